The number of aromatic nitrogens is 2. The van der Waals surface area contributed by atoms with E-state index in [0.29, 0.717) is 5.56 Å². The SMILES string of the molecule is Cc1ccc(-c2cc(-c3ccc(C)cc3)c(=O)[nH]n2)cc1. The van der Waals surface area contributed by atoms with Crippen LogP contribution < -0.4 is 5.56 Å². The molecule has 0 spiro atoms. The van der Waals surface area contributed by atoms with Gasteiger partial charge in [0.25, 0.3) is 5.56 Å². The maximum atomic E-state index is 12.0. The fraction of sp³-hybridized carbons (Fsp3) is 0.111. The standard InChI is InChI=1S/C18H16N2O/c1-12-3-7-14(8-4-12)16-11-17(19-20-18(16)21)15-9-5-13(2)6-10-15/h3-11H,1-2H3,(H,20,21). The molecule has 0 aliphatic heterocycles. The van der Waals surface area contributed by atoms with Gasteiger partial charge in [0.05, 0.1) is 11.3 Å². The zero-order valence-electron chi connectivity index (χ0n) is 12.1. The zero-order chi connectivity index (χ0) is 14.8. The fourth-order valence-corrected chi connectivity index (χ4v) is 2.23. The van der Waals surface area contributed by atoms with Crippen molar-refractivity contribution in [3.63, 3.8) is 0 Å². The quantitative estimate of drug-likeness (QED) is 0.775. The van der Waals surface area contributed by atoms with Crippen molar-refractivity contribution in [2.75, 3.05) is 0 Å². The van der Waals surface area contributed by atoms with E-state index >= 15 is 0 Å². The third kappa shape index (κ3) is 2.77. The topological polar surface area (TPSA) is 45.8 Å². The molecule has 1 aromatic heterocycles. The van der Waals surface area contributed by atoms with Crippen molar-refractivity contribution in [1.82, 2.24) is 10.2 Å². The first-order valence-electron chi connectivity index (χ1n) is 6.87. The van der Waals surface area contributed by atoms with E-state index in [2.05, 4.69) is 10.2 Å². The molecule has 1 heterocycles. The Bertz CT molecular complexity index is 815. The van der Waals surface area contributed by atoms with Gasteiger partial charge in [0.15, 0.2) is 0 Å². The molecule has 0 amide bonds. The minimum absolute atomic E-state index is 0.172. The summed E-state index contributed by atoms with van der Waals surface area (Å²) in [5.41, 5.74) is 5.49. The van der Waals surface area contributed by atoms with Crippen LogP contribution in [0.1, 0.15) is 11.1 Å². The third-order valence-corrected chi connectivity index (χ3v) is 3.51. The van der Waals surface area contributed by atoms with Crippen LogP contribution in [-0.4, -0.2) is 10.2 Å². The van der Waals surface area contributed by atoms with Crippen LogP contribution >= 0.6 is 0 Å². The first kappa shape index (κ1) is 13.3. The van der Waals surface area contributed by atoms with Gasteiger partial charge in [-0.2, -0.15) is 5.10 Å². The maximum absolute atomic E-state index is 12.0. The van der Waals surface area contributed by atoms with Crippen LogP contribution in [0.25, 0.3) is 22.4 Å². The van der Waals surface area contributed by atoms with Crippen molar-refractivity contribution in [2.24, 2.45) is 0 Å². The van der Waals surface area contributed by atoms with Gasteiger partial charge in [-0.05, 0) is 25.5 Å². The first-order valence-corrected chi connectivity index (χ1v) is 6.87. The molecule has 0 aliphatic carbocycles. The minimum Gasteiger partial charge on any atom is -0.267 e. The molecule has 0 saturated carbocycles. The lowest BCUT2D eigenvalue weighted by Gasteiger charge is -2.05. The molecule has 2 aromatic carbocycles. The number of aromatic amines is 1. The molecular weight excluding hydrogens is 260 g/mol. The average molecular weight is 276 g/mol. The summed E-state index contributed by atoms with van der Waals surface area (Å²) in [6.07, 6.45) is 0. The van der Waals surface area contributed by atoms with Gasteiger partial charge in [-0.1, -0.05) is 59.7 Å². The highest BCUT2D eigenvalue weighted by Gasteiger charge is 2.07. The second kappa shape index (κ2) is 5.37. The third-order valence-electron chi connectivity index (χ3n) is 3.51. The molecule has 0 atom stereocenters. The molecule has 0 aliphatic rings. The summed E-state index contributed by atoms with van der Waals surface area (Å²) in [6.45, 7) is 4.07. The first-order chi connectivity index (χ1) is 10.1. The van der Waals surface area contributed by atoms with Crippen molar-refractivity contribution < 1.29 is 0 Å². The molecule has 3 rings (SSSR count). The summed E-state index contributed by atoms with van der Waals surface area (Å²) in [6, 6.07) is 17.8. The van der Waals surface area contributed by atoms with Gasteiger partial charge in [0.2, 0.25) is 0 Å². The Morgan fingerprint density at radius 2 is 1.33 bits per heavy atom. The van der Waals surface area contributed by atoms with Crippen LogP contribution in [0, 0.1) is 13.8 Å². The van der Waals surface area contributed by atoms with Crippen LogP contribution in [0.2, 0.25) is 0 Å². The number of nitrogens with zero attached hydrogens (tertiary/aromatic N) is 1. The fourth-order valence-electron chi connectivity index (χ4n) is 2.23. The van der Waals surface area contributed by atoms with E-state index in [1.807, 2.05) is 68.4 Å². The van der Waals surface area contributed by atoms with Crippen LogP contribution in [0.4, 0.5) is 0 Å². The summed E-state index contributed by atoms with van der Waals surface area (Å²) in [5, 5.41) is 6.73. The molecule has 1 N–H and O–H groups in total. The molecule has 3 nitrogen and oxygen atoms in total. The lowest BCUT2D eigenvalue weighted by atomic mass is 10.0. The smallest absolute Gasteiger partial charge is 0.267 e. The molecule has 104 valence electrons. The molecule has 0 radical (unpaired) electrons. The van der Waals surface area contributed by atoms with Crippen molar-refractivity contribution in [3.05, 3.63) is 76.1 Å². The van der Waals surface area contributed by atoms with Gasteiger partial charge >= 0.3 is 0 Å². The number of nitrogens with one attached hydrogen (secondary N) is 1. The molecule has 0 fully saturated rings. The lowest BCUT2D eigenvalue weighted by Crippen LogP contribution is -2.11. The predicted molar refractivity (Wildman–Crippen MR) is 85.2 cm³/mol. The number of aryl methyl sites for hydroxylation is 2. The molecule has 21 heavy (non-hydrogen) atoms. The largest absolute Gasteiger partial charge is 0.272 e. The Kier molecular flexibility index (Phi) is 3.40. The maximum Gasteiger partial charge on any atom is 0.272 e. The van der Waals surface area contributed by atoms with Gasteiger partial charge in [-0.3, -0.25) is 4.79 Å². The minimum atomic E-state index is -0.172. The summed E-state index contributed by atoms with van der Waals surface area (Å²) in [7, 11) is 0. The Hall–Kier alpha value is -2.68. The molecule has 3 heteroatoms. The van der Waals surface area contributed by atoms with Crippen molar-refractivity contribution in [1.29, 1.82) is 0 Å². The number of rotatable bonds is 2. The summed E-state index contributed by atoms with van der Waals surface area (Å²) in [5.74, 6) is 0. The van der Waals surface area contributed by atoms with Gasteiger partial charge in [-0.25, -0.2) is 5.10 Å². The van der Waals surface area contributed by atoms with Gasteiger partial charge in [0.1, 0.15) is 0 Å². The normalized spacial score (nSPS) is 10.6. The highest BCUT2D eigenvalue weighted by molar-refractivity contribution is 5.69. The average Bonchev–Trinajstić information content (AvgIpc) is 2.50. The van der Waals surface area contributed by atoms with Crippen molar-refractivity contribution in [3.8, 4) is 22.4 Å². The van der Waals surface area contributed by atoms with E-state index in [-0.39, 0.29) is 5.56 Å². The highest BCUT2D eigenvalue weighted by atomic mass is 16.1. The molecule has 0 saturated heterocycles. The van der Waals surface area contributed by atoms with E-state index in [0.717, 1.165) is 16.8 Å². The highest BCUT2D eigenvalue weighted by Crippen LogP contribution is 2.22. The Labute approximate surface area is 123 Å². The van der Waals surface area contributed by atoms with E-state index in [9.17, 15) is 4.79 Å². The Morgan fingerprint density at radius 1 is 0.810 bits per heavy atom. The van der Waals surface area contributed by atoms with Crippen molar-refractivity contribution in [2.45, 2.75) is 13.8 Å². The molecule has 0 unspecified atom stereocenters. The Balaban J connectivity index is 2.10. The molecule has 0 bridgehead atoms. The summed E-state index contributed by atoms with van der Waals surface area (Å²) >= 11 is 0. The van der Waals surface area contributed by atoms with Gasteiger partial charge in [0, 0.05) is 5.56 Å². The van der Waals surface area contributed by atoms with Gasteiger partial charge < -0.3 is 0 Å². The monoisotopic (exact) mass is 276 g/mol. The van der Waals surface area contributed by atoms with E-state index < -0.39 is 0 Å². The number of hydrogen-bond acceptors (Lipinski definition) is 2. The van der Waals surface area contributed by atoms with Crippen LogP contribution in [0.3, 0.4) is 0 Å². The van der Waals surface area contributed by atoms with E-state index in [4.69, 9.17) is 0 Å². The summed E-state index contributed by atoms with van der Waals surface area (Å²) < 4.78 is 0. The van der Waals surface area contributed by atoms with E-state index in [1.54, 1.807) is 0 Å². The number of benzene rings is 2. The summed E-state index contributed by atoms with van der Waals surface area (Å²) in [4.78, 5) is 12.0. The van der Waals surface area contributed by atoms with Gasteiger partial charge in [-0.15, -0.1) is 0 Å². The lowest BCUT2D eigenvalue weighted by molar-refractivity contribution is 0.998. The van der Waals surface area contributed by atoms with Crippen molar-refractivity contribution >= 4 is 0 Å². The van der Waals surface area contributed by atoms with Crippen LogP contribution in [0.15, 0.2) is 59.4 Å². The molecule has 3 aromatic rings. The molecular formula is C18H16N2O. The Morgan fingerprint density at radius 3 is 1.90 bits per heavy atom. The number of H-pyrrole nitrogens is 1. The van der Waals surface area contributed by atoms with E-state index in [1.165, 1.54) is 11.1 Å². The number of hydrogen-bond donors (Lipinski definition) is 1. The van der Waals surface area contributed by atoms with Crippen LogP contribution in [0.5, 0.6) is 0 Å². The zero-order valence-corrected chi connectivity index (χ0v) is 12.1. The van der Waals surface area contributed by atoms with Crippen LogP contribution in [-0.2, 0) is 0 Å². The second-order valence-electron chi connectivity index (χ2n) is 5.23. The predicted octanol–water partition coefficient (Wildman–Crippen LogP) is 3.72. The second-order valence-corrected chi connectivity index (χ2v) is 5.23.